The number of ether oxygens (including phenoxy) is 2. The van der Waals surface area contributed by atoms with Crippen LogP contribution in [0.4, 0.5) is 0 Å². The quantitative estimate of drug-likeness (QED) is 0.698. The second-order valence-electron chi connectivity index (χ2n) is 5.72. The molecule has 0 radical (unpaired) electrons. The fourth-order valence-electron chi connectivity index (χ4n) is 0.875. The van der Waals surface area contributed by atoms with Crippen molar-refractivity contribution in [1.29, 1.82) is 0 Å². The summed E-state index contributed by atoms with van der Waals surface area (Å²) in [5.74, 6) is -0.640. The van der Waals surface area contributed by atoms with Crippen LogP contribution in [0.1, 0.15) is 54.4 Å². The molecule has 0 bridgehead atoms. The summed E-state index contributed by atoms with van der Waals surface area (Å²) in [6.45, 7) is 11.1. The zero-order chi connectivity index (χ0) is 13.7. The Hall–Kier alpha value is -1.06. The maximum Gasteiger partial charge on any atom is 0.311 e. The van der Waals surface area contributed by atoms with E-state index in [0.717, 1.165) is 6.42 Å². The van der Waals surface area contributed by atoms with Crippen molar-refractivity contribution < 1.29 is 19.1 Å². The first-order valence-electron chi connectivity index (χ1n) is 5.97. The lowest BCUT2D eigenvalue weighted by Gasteiger charge is -2.23. The van der Waals surface area contributed by atoms with E-state index in [2.05, 4.69) is 0 Å². The average molecular weight is 244 g/mol. The van der Waals surface area contributed by atoms with Crippen molar-refractivity contribution >= 4 is 11.9 Å². The number of carbonyl (C=O) groups excluding carboxylic acids is 2. The highest BCUT2D eigenvalue weighted by atomic mass is 16.6. The highest BCUT2D eigenvalue weighted by molar-refractivity contribution is 5.76. The molecule has 0 fully saturated rings. The molecule has 0 N–H and O–H groups in total. The molecule has 0 heterocycles. The highest BCUT2D eigenvalue weighted by Crippen LogP contribution is 2.16. The van der Waals surface area contributed by atoms with Gasteiger partial charge in [0.2, 0.25) is 0 Å². The Morgan fingerprint density at radius 2 is 1.59 bits per heavy atom. The van der Waals surface area contributed by atoms with Crippen molar-refractivity contribution in [3.8, 4) is 0 Å². The van der Waals surface area contributed by atoms with Gasteiger partial charge in [-0.1, -0.05) is 6.92 Å². The minimum Gasteiger partial charge on any atom is -0.465 e. The maximum atomic E-state index is 11.4. The van der Waals surface area contributed by atoms with Crippen molar-refractivity contribution in [3.63, 3.8) is 0 Å². The van der Waals surface area contributed by atoms with Gasteiger partial charge in [0.15, 0.2) is 0 Å². The van der Waals surface area contributed by atoms with Crippen LogP contribution >= 0.6 is 0 Å². The third-order valence-corrected chi connectivity index (χ3v) is 2.39. The van der Waals surface area contributed by atoms with E-state index in [1.54, 1.807) is 20.8 Å². The molecule has 0 spiro atoms. The Balaban J connectivity index is 3.92. The van der Waals surface area contributed by atoms with Crippen LogP contribution in [0.3, 0.4) is 0 Å². The van der Waals surface area contributed by atoms with E-state index in [0.29, 0.717) is 0 Å². The lowest BCUT2D eigenvalue weighted by molar-refractivity contribution is -0.161. The molecule has 0 saturated carbocycles. The Labute approximate surface area is 104 Å². The minimum absolute atomic E-state index is 0.0781. The van der Waals surface area contributed by atoms with Crippen molar-refractivity contribution in [3.05, 3.63) is 0 Å². The molecule has 0 amide bonds. The topological polar surface area (TPSA) is 52.6 Å². The Morgan fingerprint density at radius 1 is 1.06 bits per heavy atom. The molecule has 0 aromatic heterocycles. The number of esters is 2. The van der Waals surface area contributed by atoms with Gasteiger partial charge in [0.05, 0.1) is 11.8 Å². The van der Waals surface area contributed by atoms with E-state index < -0.39 is 11.0 Å². The maximum absolute atomic E-state index is 11.4. The lowest BCUT2D eigenvalue weighted by atomic mass is 9.97. The number of hydrogen-bond donors (Lipinski definition) is 0. The van der Waals surface area contributed by atoms with E-state index in [1.807, 2.05) is 20.8 Å². The van der Waals surface area contributed by atoms with Crippen molar-refractivity contribution in [2.45, 2.75) is 60.0 Å². The van der Waals surface area contributed by atoms with Crippen LogP contribution in [0.15, 0.2) is 0 Å². The average Bonchev–Trinajstić information content (AvgIpc) is 2.15. The molecule has 0 aromatic rings. The summed E-state index contributed by atoms with van der Waals surface area (Å²) in [5.41, 5.74) is -0.988. The van der Waals surface area contributed by atoms with Crippen LogP contribution in [0, 0.1) is 5.41 Å². The molecule has 0 unspecified atom stereocenters. The molecule has 0 atom stereocenters. The minimum atomic E-state index is -0.535. The monoisotopic (exact) mass is 244 g/mol. The molecule has 4 heteroatoms. The van der Waals surface area contributed by atoms with E-state index in [4.69, 9.17) is 9.47 Å². The number of rotatable bonds is 5. The SMILES string of the molecule is CCC(C)(C)OC(=O)CCOC(=O)C(C)(C)C. The second-order valence-corrected chi connectivity index (χ2v) is 5.72. The molecule has 0 rings (SSSR count). The summed E-state index contributed by atoms with van der Waals surface area (Å²) in [4.78, 5) is 22.8. The molecule has 4 nitrogen and oxygen atoms in total. The van der Waals surface area contributed by atoms with Gasteiger partial charge in [-0.15, -0.1) is 0 Å². The first-order chi connectivity index (χ1) is 7.58. The lowest BCUT2D eigenvalue weighted by Crippen LogP contribution is -2.28. The summed E-state index contributed by atoms with van der Waals surface area (Å²) in [6, 6.07) is 0. The Kier molecular flexibility index (Phi) is 5.66. The largest absolute Gasteiger partial charge is 0.465 e. The van der Waals surface area contributed by atoms with Gasteiger partial charge in [0, 0.05) is 0 Å². The predicted octanol–water partition coefficient (Wildman–Crippen LogP) is 2.70. The van der Waals surface area contributed by atoms with Crippen LogP contribution in [-0.2, 0) is 19.1 Å². The molecule has 0 aliphatic carbocycles. The van der Waals surface area contributed by atoms with E-state index in [9.17, 15) is 9.59 Å². The highest BCUT2D eigenvalue weighted by Gasteiger charge is 2.24. The van der Waals surface area contributed by atoms with E-state index >= 15 is 0 Å². The van der Waals surface area contributed by atoms with Crippen LogP contribution in [-0.4, -0.2) is 24.1 Å². The van der Waals surface area contributed by atoms with Gasteiger partial charge in [0.25, 0.3) is 0 Å². The molecular weight excluding hydrogens is 220 g/mol. The summed E-state index contributed by atoms with van der Waals surface area (Å²) < 4.78 is 10.2. The van der Waals surface area contributed by atoms with Crippen molar-refractivity contribution in [1.82, 2.24) is 0 Å². The molecule has 0 aliphatic rings. The third-order valence-electron chi connectivity index (χ3n) is 2.39. The first kappa shape index (κ1) is 15.9. The fourth-order valence-corrected chi connectivity index (χ4v) is 0.875. The molecule has 0 aliphatic heterocycles. The normalized spacial score (nSPS) is 12.1. The van der Waals surface area contributed by atoms with Gasteiger partial charge >= 0.3 is 11.9 Å². The van der Waals surface area contributed by atoms with Crippen LogP contribution in [0.2, 0.25) is 0 Å². The molecule has 0 aromatic carbocycles. The molecule has 17 heavy (non-hydrogen) atoms. The van der Waals surface area contributed by atoms with Gasteiger partial charge in [-0.05, 0) is 41.0 Å². The van der Waals surface area contributed by atoms with Crippen molar-refractivity contribution in [2.24, 2.45) is 5.41 Å². The Morgan fingerprint density at radius 3 is 2.00 bits per heavy atom. The zero-order valence-corrected chi connectivity index (χ0v) is 11.8. The van der Waals surface area contributed by atoms with Crippen molar-refractivity contribution in [2.75, 3.05) is 6.61 Å². The standard InChI is InChI=1S/C13H24O4/c1-7-13(5,6)17-10(14)8-9-16-11(15)12(2,3)4/h7-9H2,1-6H3. The Bertz CT molecular complexity index is 274. The molecular formula is C13H24O4. The van der Waals surface area contributed by atoms with Gasteiger partial charge < -0.3 is 9.47 Å². The second kappa shape index (κ2) is 6.03. The smallest absolute Gasteiger partial charge is 0.311 e. The summed E-state index contributed by atoms with van der Waals surface area (Å²) >= 11 is 0. The van der Waals surface area contributed by atoms with Gasteiger partial charge in [-0.2, -0.15) is 0 Å². The van der Waals surface area contributed by atoms with Crippen LogP contribution < -0.4 is 0 Å². The van der Waals surface area contributed by atoms with Gasteiger partial charge in [-0.3, -0.25) is 9.59 Å². The number of hydrogen-bond acceptors (Lipinski definition) is 4. The van der Waals surface area contributed by atoms with Crippen LogP contribution in [0.5, 0.6) is 0 Å². The molecule has 100 valence electrons. The summed E-state index contributed by atoms with van der Waals surface area (Å²) in [6.07, 6.45) is 0.853. The zero-order valence-electron chi connectivity index (χ0n) is 11.8. The third kappa shape index (κ3) is 6.97. The van der Waals surface area contributed by atoms with E-state index in [1.165, 1.54) is 0 Å². The van der Waals surface area contributed by atoms with Gasteiger partial charge in [-0.25, -0.2) is 0 Å². The summed E-state index contributed by atoms with van der Waals surface area (Å²) in [5, 5.41) is 0. The predicted molar refractivity (Wildman–Crippen MR) is 65.5 cm³/mol. The molecule has 0 saturated heterocycles. The first-order valence-corrected chi connectivity index (χ1v) is 5.97. The van der Waals surface area contributed by atoms with E-state index in [-0.39, 0.29) is 25.0 Å². The van der Waals surface area contributed by atoms with Crippen LogP contribution in [0.25, 0.3) is 0 Å². The fraction of sp³-hybridized carbons (Fsp3) is 0.846. The van der Waals surface area contributed by atoms with Gasteiger partial charge in [0.1, 0.15) is 12.2 Å². The number of carbonyl (C=O) groups is 2. The summed E-state index contributed by atoms with van der Waals surface area (Å²) in [7, 11) is 0.